The number of quaternary nitrogens is 1. The zero-order valence-corrected chi connectivity index (χ0v) is 16.3. The Hall–Kier alpha value is -1.65. The van der Waals surface area contributed by atoms with Crippen molar-refractivity contribution in [2.75, 3.05) is 13.1 Å². The van der Waals surface area contributed by atoms with Gasteiger partial charge in [-0.15, -0.1) is 11.3 Å². The van der Waals surface area contributed by atoms with E-state index >= 15 is 0 Å². The van der Waals surface area contributed by atoms with Crippen molar-refractivity contribution >= 4 is 17.2 Å². The van der Waals surface area contributed by atoms with Crippen LogP contribution in [0.25, 0.3) is 0 Å². The van der Waals surface area contributed by atoms with Crippen molar-refractivity contribution in [3.05, 3.63) is 57.8 Å². The molecule has 0 saturated carbocycles. The van der Waals surface area contributed by atoms with E-state index in [9.17, 15) is 4.79 Å². The van der Waals surface area contributed by atoms with Crippen LogP contribution >= 0.6 is 11.3 Å². The zero-order valence-electron chi connectivity index (χ0n) is 15.5. The van der Waals surface area contributed by atoms with Crippen LogP contribution in [0.3, 0.4) is 0 Å². The molecule has 2 aromatic rings. The lowest BCUT2D eigenvalue weighted by Crippen LogP contribution is -3.12. The van der Waals surface area contributed by atoms with E-state index in [4.69, 9.17) is 0 Å². The molecular formula is C21H29N2OS+. The SMILES string of the molecule is CC(C)(C)CC(=O)NC[C@@H](c1cccs1)[NH+]1CCc2ccccc2C1. The molecule has 0 radical (unpaired) electrons. The molecule has 2 heterocycles. The minimum absolute atomic E-state index is 0.0272. The highest BCUT2D eigenvalue weighted by Gasteiger charge is 2.29. The van der Waals surface area contributed by atoms with Crippen molar-refractivity contribution in [2.24, 2.45) is 5.41 Å². The molecule has 3 rings (SSSR count). The Bertz CT molecular complexity index is 703. The molecule has 1 aliphatic heterocycles. The van der Waals surface area contributed by atoms with E-state index in [1.807, 2.05) is 0 Å². The van der Waals surface area contributed by atoms with Crippen LogP contribution in [0.2, 0.25) is 0 Å². The highest BCUT2D eigenvalue weighted by Crippen LogP contribution is 2.20. The summed E-state index contributed by atoms with van der Waals surface area (Å²) in [5.74, 6) is 0.158. The normalized spacial score (nSPS) is 18.4. The second-order valence-electron chi connectivity index (χ2n) is 8.21. The molecule has 1 unspecified atom stereocenters. The third-order valence-corrected chi connectivity index (χ3v) is 5.81. The van der Waals surface area contributed by atoms with Gasteiger partial charge < -0.3 is 10.2 Å². The van der Waals surface area contributed by atoms with Crippen LogP contribution < -0.4 is 10.2 Å². The number of benzene rings is 1. The molecule has 0 fully saturated rings. The van der Waals surface area contributed by atoms with Crippen molar-refractivity contribution in [1.29, 1.82) is 0 Å². The molecule has 1 aromatic heterocycles. The first kappa shape index (κ1) is 18.2. The Balaban J connectivity index is 1.70. The molecule has 0 spiro atoms. The van der Waals surface area contributed by atoms with Crippen LogP contribution in [0, 0.1) is 5.41 Å². The van der Waals surface area contributed by atoms with Crippen LogP contribution in [0.5, 0.6) is 0 Å². The quantitative estimate of drug-likeness (QED) is 0.847. The van der Waals surface area contributed by atoms with E-state index in [1.165, 1.54) is 16.0 Å². The fraction of sp³-hybridized carbons (Fsp3) is 0.476. The van der Waals surface area contributed by atoms with Crippen LogP contribution in [0.4, 0.5) is 0 Å². The first-order valence-corrected chi connectivity index (χ1v) is 10.0. The van der Waals surface area contributed by atoms with E-state index in [2.05, 4.69) is 67.9 Å². The van der Waals surface area contributed by atoms with Crippen LogP contribution in [0.1, 0.15) is 49.2 Å². The zero-order chi connectivity index (χ0) is 17.9. The molecular weight excluding hydrogens is 328 g/mol. The van der Waals surface area contributed by atoms with Crippen LogP contribution in [0.15, 0.2) is 41.8 Å². The second-order valence-corrected chi connectivity index (χ2v) is 9.19. The van der Waals surface area contributed by atoms with Crippen LogP contribution in [-0.4, -0.2) is 19.0 Å². The maximum Gasteiger partial charge on any atom is 0.220 e. The largest absolute Gasteiger partial charge is 0.350 e. The highest BCUT2D eigenvalue weighted by molar-refractivity contribution is 7.10. The van der Waals surface area contributed by atoms with Gasteiger partial charge in [0.25, 0.3) is 0 Å². The van der Waals surface area contributed by atoms with Crippen molar-refractivity contribution in [2.45, 2.75) is 46.2 Å². The standard InChI is InChI=1S/C21H28N2OS/c1-21(2,3)13-20(24)22-14-18(19-9-6-12-25-19)23-11-10-16-7-4-5-8-17(16)15-23/h4-9,12,18H,10-11,13-15H2,1-3H3,(H,22,24)/p+1/t18-/m0/s1. The highest BCUT2D eigenvalue weighted by atomic mass is 32.1. The lowest BCUT2D eigenvalue weighted by Gasteiger charge is -2.32. The summed E-state index contributed by atoms with van der Waals surface area (Å²) in [5.41, 5.74) is 2.96. The molecule has 134 valence electrons. The minimum atomic E-state index is 0.0272. The Kier molecular flexibility index (Phi) is 5.60. The van der Waals surface area contributed by atoms with Gasteiger partial charge in [-0.3, -0.25) is 4.79 Å². The summed E-state index contributed by atoms with van der Waals surface area (Å²) in [4.78, 5) is 15.2. The summed E-state index contributed by atoms with van der Waals surface area (Å²) in [6, 6.07) is 13.4. The molecule has 2 N–H and O–H groups in total. The number of thiophene rings is 1. The van der Waals surface area contributed by atoms with Gasteiger partial charge in [0, 0.05) is 18.4 Å². The van der Waals surface area contributed by atoms with Gasteiger partial charge in [-0.2, -0.15) is 0 Å². The molecule has 0 bridgehead atoms. The predicted molar refractivity (Wildman–Crippen MR) is 104 cm³/mol. The van der Waals surface area contributed by atoms with Gasteiger partial charge in [0.15, 0.2) is 0 Å². The maximum atomic E-state index is 12.3. The second kappa shape index (κ2) is 7.71. The lowest BCUT2D eigenvalue weighted by atomic mass is 9.92. The number of nitrogens with one attached hydrogen (secondary N) is 2. The summed E-state index contributed by atoms with van der Waals surface area (Å²) in [6.45, 7) is 9.19. The summed E-state index contributed by atoms with van der Waals surface area (Å²) in [6.07, 6.45) is 1.69. The topological polar surface area (TPSA) is 33.5 Å². The fourth-order valence-electron chi connectivity index (χ4n) is 3.60. The summed E-state index contributed by atoms with van der Waals surface area (Å²) < 4.78 is 0. The summed E-state index contributed by atoms with van der Waals surface area (Å²) in [5, 5.41) is 5.33. The van der Waals surface area contributed by atoms with Gasteiger partial charge in [-0.05, 0) is 22.4 Å². The van der Waals surface area contributed by atoms with Gasteiger partial charge in [-0.25, -0.2) is 0 Å². The van der Waals surface area contributed by atoms with Gasteiger partial charge in [0.1, 0.15) is 12.6 Å². The predicted octanol–water partition coefficient (Wildman–Crippen LogP) is 2.98. The van der Waals surface area contributed by atoms with Gasteiger partial charge >= 0.3 is 0 Å². The molecule has 2 atom stereocenters. The maximum absolute atomic E-state index is 12.3. The molecule has 25 heavy (non-hydrogen) atoms. The number of amides is 1. The van der Waals surface area contributed by atoms with Crippen molar-refractivity contribution in [1.82, 2.24) is 5.32 Å². The fourth-order valence-corrected chi connectivity index (χ4v) is 4.48. The molecule has 0 aliphatic carbocycles. The molecule has 1 aliphatic rings. The number of carbonyl (C=O) groups excluding carboxylic acids is 1. The third-order valence-electron chi connectivity index (χ3n) is 4.83. The van der Waals surface area contributed by atoms with Gasteiger partial charge in [-0.1, -0.05) is 51.1 Å². The van der Waals surface area contributed by atoms with Crippen LogP contribution in [-0.2, 0) is 17.8 Å². The molecule has 1 aromatic carbocycles. The third kappa shape index (κ3) is 4.93. The van der Waals surface area contributed by atoms with Crippen molar-refractivity contribution in [3.63, 3.8) is 0 Å². The average molecular weight is 358 g/mol. The van der Waals surface area contributed by atoms with E-state index in [0.717, 1.165) is 19.5 Å². The Morgan fingerprint density at radius 3 is 2.64 bits per heavy atom. The number of fused-ring (bicyclic) bond motifs is 1. The first-order valence-electron chi connectivity index (χ1n) is 9.14. The molecule has 1 amide bonds. The number of rotatable bonds is 5. The van der Waals surface area contributed by atoms with Gasteiger partial charge in [0.2, 0.25) is 5.91 Å². The monoisotopic (exact) mass is 357 g/mol. The minimum Gasteiger partial charge on any atom is -0.350 e. The molecule has 4 heteroatoms. The molecule has 3 nitrogen and oxygen atoms in total. The average Bonchev–Trinajstić information content (AvgIpc) is 3.07. The first-order chi connectivity index (χ1) is 11.9. The number of hydrogen-bond donors (Lipinski definition) is 2. The van der Waals surface area contributed by atoms with E-state index in [0.29, 0.717) is 19.0 Å². The van der Waals surface area contributed by atoms with E-state index < -0.39 is 0 Å². The lowest BCUT2D eigenvalue weighted by molar-refractivity contribution is -0.945. The van der Waals surface area contributed by atoms with Gasteiger partial charge in [0.05, 0.1) is 18.0 Å². The van der Waals surface area contributed by atoms with Crippen molar-refractivity contribution in [3.8, 4) is 0 Å². The van der Waals surface area contributed by atoms with E-state index in [-0.39, 0.29) is 11.3 Å². The summed E-state index contributed by atoms with van der Waals surface area (Å²) in [7, 11) is 0. The number of hydrogen-bond acceptors (Lipinski definition) is 2. The van der Waals surface area contributed by atoms with Crippen molar-refractivity contribution < 1.29 is 9.69 Å². The Morgan fingerprint density at radius 2 is 1.96 bits per heavy atom. The number of carbonyl (C=O) groups is 1. The van der Waals surface area contributed by atoms with E-state index in [1.54, 1.807) is 16.2 Å². The smallest absolute Gasteiger partial charge is 0.220 e. The Morgan fingerprint density at radius 1 is 1.20 bits per heavy atom. The molecule has 0 saturated heterocycles. The Labute approximate surface area is 155 Å². The summed E-state index contributed by atoms with van der Waals surface area (Å²) >= 11 is 1.80.